The summed E-state index contributed by atoms with van der Waals surface area (Å²) in [7, 11) is 1.56. The van der Waals surface area contributed by atoms with E-state index in [1.165, 1.54) is 11.3 Å². The van der Waals surface area contributed by atoms with Crippen LogP contribution >= 0.6 is 11.3 Å². The van der Waals surface area contributed by atoms with Gasteiger partial charge in [0, 0.05) is 22.7 Å². The van der Waals surface area contributed by atoms with Crippen LogP contribution in [0.3, 0.4) is 0 Å². The molecule has 0 atom stereocenters. The van der Waals surface area contributed by atoms with Gasteiger partial charge >= 0.3 is 0 Å². The molecule has 3 aromatic heterocycles. The van der Waals surface area contributed by atoms with Crippen molar-refractivity contribution in [2.75, 3.05) is 12.4 Å². The molecule has 3 aromatic carbocycles. The molecule has 0 aliphatic rings. The van der Waals surface area contributed by atoms with E-state index in [0.29, 0.717) is 45.6 Å². The zero-order chi connectivity index (χ0) is 27.5. The largest absolute Gasteiger partial charge is 0.507 e. The van der Waals surface area contributed by atoms with E-state index >= 15 is 0 Å². The summed E-state index contributed by atoms with van der Waals surface area (Å²) in [4.78, 5) is 29.5. The fraction of sp³-hybridized carbons (Fsp3) is 0.0667. The van der Waals surface area contributed by atoms with Crippen LogP contribution in [0.25, 0.3) is 33.5 Å². The van der Waals surface area contributed by atoms with E-state index < -0.39 is 0 Å². The smallest absolute Gasteiger partial charge is 0.257 e. The van der Waals surface area contributed by atoms with Crippen molar-refractivity contribution in [2.24, 2.45) is 0 Å². The molecule has 10 heteroatoms. The number of aromatic amines is 1. The number of para-hydroxylation sites is 1. The number of methoxy groups -OCH3 is 1. The Balaban J connectivity index is 1.20. The number of aromatic hydroxyl groups is 1. The van der Waals surface area contributed by atoms with Crippen molar-refractivity contribution in [3.8, 4) is 39.9 Å². The zero-order valence-electron chi connectivity index (χ0n) is 21.3. The highest BCUT2D eigenvalue weighted by Gasteiger charge is 2.16. The molecular formula is C30H23N5O4S. The average molecular weight is 550 g/mol. The van der Waals surface area contributed by atoms with Gasteiger partial charge in [0.15, 0.2) is 5.13 Å². The lowest BCUT2D eigenvalue weighted by atomic mass is 10.0. The minimum atomic E-state index is -0.295. The summed E-state index contributed by atoms with van der Waals surface area (Å²) < 4.78 is 11.1. The number of pyridine rings is 1. The molecule has 0 radical (unpaired) electrons. The zero-order valence-corrected chi connectivity index (χ0v) is 22.1. The summed E-state index contributed by atoms with van der Waals surface area (Å²) in [5, 5.41) is 15.8. The summed E-state index contributed by atoms with van der Waals surface area (Å²) in [6, 6.07) is 23.6. The number of nitrogens with zero attached hydrogens (tertiary/aromatic N) is 3. The maximum absolute atomic E-state index is 13.0. The number of hydrogen-bond donors (Lipinski definition) is 3. The maximum Gasteiger partial charge on any atom is 0.257 e. The maximum atomic E-state index is 13.0. The van der Waals surface area contributed by atoms with Gasteiger partial charge < -0.3 is 19.6 Å². The van der Waals surface area contributed by atoms with Crippen LogP contribution in [-0.2, 0) is 6.61 Å². The van der Waals surface area contributed by atoms with Crippen LogP contribution < -0.4 is 14.8 Å². The van der Waals surface area contributed by atoms with Crippen molar-refractivity contribution in [3.05, 3.63) is 102 Å². The Bertz CT molecular complexity index is 1820. The van der Waals surface area contributed by atoms with Gasteiger partial charge in [0.2, 0.25) is 5.88 Å². The first-order valence-electron chi connectivity index (χ1n) is 12.3. The average Bonchev–Trinajstić information content (AvgIpc) is 3.63. The molecule has 3 N–H and O–H groups in total. The number of benzene rings is 3. The van der Waals surface area contributed by atoms with Crippen molar-refractivity contribution < 1.29 is 19.4 Å². The lowest BCUT2D eigenvalue weighted by Crippen LogP contribution is -2.11. The Morgan fingerprint density at radius 3 is 2.73 bits per heavy atom. The summed E-state index contributed by atoms with van der Waals surface area (Å²) in [6.45, 7) is 0.306. The third-order valence-electron chi connectivity index (χ3n) is 6.17. The lowest BCUT2D eigenvalue weighted by molar-refractivity contribution is 0.102. The topological polar surface area (TPSA) is 122 Å². The number of hydrogen-bond acceptors (Lipinski definition) is 8. The Labute approximate surface area is 233 Å². The van der Waals surface area contributed by atoms with Crippen LogP contribution in [0.5, 0.6) is 17.4 Å². The normalized spacial score (nSPS) is 10.9. The van der Waals surface area contributed by atoms with Gasteiger partial charge in [-0.05, 0) is 60.2 Å². The molecule has 0 aliphatic carbocycles. The van der Waals surface area contributed by atoms with Gasteiger partial charge in [-0.2, -0.15) is 0 Å². The number of carbonyl (C=O) groups is 1. The molecule has 0 unspecified atom stereocenters. The van der Waals surface area contributed by atoms with Gasteiger partial charge in [0.05, 0.1) is 29.4 Å². The highest BCUT2D eigenvalue weighted by Crippen LogP contribution is 2.35. The molecule has 0 bridgehead atoms. The molecule has 3 heterocycles. The number of ether oxygens (including phenoxy) is 2. The Hall–Kier alpha value is -5.22. The van der Waals surface area contributed by atoms with Gasteiger partial charge in [-0.3, -0.25) is 10.1 Å². The Kier molecular flexibility index (Phi) is 6.82. The number of thiazole rings is 1. The second kappa shape index (κ2) is 10.9. The highest BCUT2D eigenvalue weighted by atomic mass is 32.1. The molecule has 6 aromatic rings. The van der Waals surface area contributed by atoms with E-state index in [9.17, 15) is 9.90 Å². The number of anilines is 1. The number of phenolic OH excluding ortho intramolecular Hbond substituents is 1. The van der Waals surface area contributed by atoms with E-state index in [1.807, 2.05) is 53.9 Å². The first-order chi connectivity index (χ1) is 19.6. The summed E-state index contributed by atoms with van der Waals surface area (Å²) in [5.74, 6) is 1.48. The van der Waals surface area contributed by atoms with Crippen LogP contribution in [0.4, 0.5) is 5.13 Å². The predicted octanol–water partition coefficient (Wildman–Crippen LogP) is 6.29. The SMILES string of the molecule is COc1ncccc1-c1ccc(O)c(-c2nc3ccc(C(=O)Nc4nc(COc5ccccc5)cs4)cc3[nH]2)c1. The van der Waals surface area contributed by atoms with Crippen LogP contribution in [0.1, 0.15) is 16.1 Å². The van der Waals surface area contributed by atoms with Gasteiger partial charge in [0.25, 0.3) is 5.91 Å². The van der Waals surface area contributed by atoms with E-state index in [0.717, 1.165) is 22.6 Å². The first kappa shape index (κ1) is 25.1. The number of nitrogens with one attached hydrogen (secondary N) is 2. The number of amides is 1. The van der Waals surface area contributed by atoms with Gasteiger partial charge in [-0.1, -0.05) is 24.3 Å². The Morgan fingerprint density at radius 1 is 1.00 bits per heavy atom. The summed E-state index contributed by atoms with van der Waals surface area (Å²) in [5.41, 5.74) is 4.60. The third kappa shape index (κ3) is 5.20. The standard InChI is InChI=1S/C30H23N5O4S/c1-38-29-22(8-5-13-31-29)18-10-12-26(36)23(14-18)27-33-24-11-9-19(15-25(24)34-27)28(37)35-30-32-20(17-40-30)16-39-21-6-3-2-4-7-21/h2-15,17,36H,16H2,1H3,(H,33,34)(H,32,35,37). The molecule has 0 aliphatic heterocycles. The van der Waals surface area contributed by atoms with Gasteiger partial charge in [0.1, 0.15) is 23.9 Å². The predicted molar refractivity (Wildman–Crippen MR) is 154 cm³/mol. The fourth-order valence-electron chi connectivity index (χ4n) is 4.22. The molecule has 0 fully saturated rings. The highest BCUT2D eigenvalue weighted by molar-refractivity contribution is 7.14. The third-order valence-corrected chi connectivity index (χ3v) is 6.98. The molecule has 1 amide bonds. The number of carbonyl (C=O) groups excluding carboxylic acids is 1. The molecule has 198 valence electrons. The van der Waals surface area contributed by atoms with Crippen LogP contribution in [0, 0.1) is 0 Å². The molecule has 0 spiro atoms. The quantitative estimate of drug-likeness (QED) is 0.204. The molecular weight excluding hydrogens is 526 g/mol. The fourth-order valence-corrected chi connectivity index (χ4v) is 4.91. The number of imidazole rings is 1. The summed E-state index contributed by atoms with van der Waals surface area (Å²) >= 11 is 1.33. The minimum absolute atomic E-state index is 0.0689. The first-order valence-corrected chi connectivity index (χ1v) is 13.2. The number of H-pyrrole nitrogens is 1. The molecule has 6 rings (SSSR count). The number of aromatic nitrogens is 4. The molecule has 0 saturated heterocycles. The van der Waals surface area contributed by atoms with Gasteiger partial charge in [-0.15, -0.1) is 11.3 Å². The lowest BCUT2D eigenvalue weighted by Gasteiger charge is -2.09. The summed E-state index contributed by atoms with van der Waals surface area (Å²) in [6.07, 6.45) is 1.66. The van der Waals surface area contributed by atoms with Crippen molar-refractivity contribution in [3.63, 3.8) is 0 Å². The number of rotatable bonds is 8. The van der Waals surface area contributed by atoms with Crippen LogP contribution in [0.15, 0.2) is 90.4 Å². The van der Waals surface area contributed by atoms with Crippen molar-refractivity contribution >= 4 is 33.4 Å². The van der Waals surface area contributed by atoms with Crippen molar-refractivity contribution in [1.82, 2.24) is 19.9 Å². The van der Waals surface area contributed by atoms with Gasteiger partial charge in [-0.25, -0.2) is 15.0 Å². The number of fused-ring (bicyclic) bond motifs is 1. The van der Waals surface area contributed by atoms with E-state index in [4.69, 9.17) is 9.47 Å². The molecule has 40 heavy (non-hydrogen) atoms. The van der Waals surface area contributed by atoms with Crippen LogP contribution in [0.2, 0.25) is 0 Å². The molecule has 0 saturated carbocycles. The van der Waals surface area contributed by atoms with Crippen molar-refractivity contribution in [2.45, 2.75) is 6.61 Å². The number of phenols is 1. The Morgan fingerprint density at radius 2 is 1.88 bits per heavy atom. The second-order valence-corrected chi connectivity index (χ2v) is 9.67. The molecule has 9 nitrogen and oxygen atoms in total. The monoisotopic (exact) mass is 549 g/mol. The van der Waals surface area contributed by atoms with E-state index in [1.54, 1.807) is 43.6 Å². The van der Waals surface area contributed by atoms with Crippen LogP contribution in [-0.4, -0.2) is 38.1 Å². The van der Waals surface area contributed by atoms with Crippen molar-refractivity contribution in [1.29, 1.82) is 0 Å². The van der Waals surface area contributed by atoms with E-state index in [-0.39, 0.29) is 11.7 Å². The van der Waals surface area contributed by atoms with E-state index in [2.05, 4.69) is 25.3 Å². The minimum Gasteiger partial charge on any atom is -0.507 e. The second-order valence-electron chi connectivity index (χ2n) is 8.81.